The second-order valence-corrected chi connectivity index (χ2v) is 3.81. The molecule has 0 saturated carbocycles. The average Bonchev–Trinajstić information content (AvgIpc) is 2.34. The second-order valence-electron chi connectivity index (χ2n) is 3.81. The molecule has 1 heteroatoms. The molecule has 0 aliphatic rings. The van der Waals surface area contributed by atoms with E-state index in [2.05, 4.69) is 19.1 Å². The van der Waals surface area contributed by atoms with Crippen molar-refractivity contribution < 1.29 is 5.11 Å². The molecule has 0 spiro atoms. The molecule has 0 heterocycles. The van der Waals surface area contributed by atoms with Crippen LogP contribution in [-0.2, 0) is 0 Å². The molecule has 1 nitrogen and oxygen atoms in total. The summed E-state index contributed by atoms with van der Waals surface area (Å²) in [4.78, 5) is 0. The molecule has 0 fully saturated rings. The average molecular weight is 211 g/mol. The van der Waals surface area contributed by atoms with Crippen LogP contribution in [0.2, 0.25) is 0 Å². The number of hydrogen-bond donors (Lipinski definition) is 1. The summed E-state index contributed by atoms with van der Waals surface area (Å²) in [5, 5.41) is 9.85. The van der Waals surface area contributed by atoms with E-state index < -0.39 is 0 Å². The lowest BCUT2D eigenvalue weighted by Crippen LogP contribution is -1.99. The molecule has 1 radical (unpaired) electrons. The van der Waals surface area contributed by atoms with Gasteiger partial charge in [0, 0.05) is 11.5 Å². The normalized spacial score (nSPS) is 12.3. The van der Waals surface area contributed by atoms with E-state index in [1.54, 1.807) is 6.07 Å². The third-order valence-corrected chi connectivity index (χ3v) is 2.80. The lowest BCUT2D eigenvalue weighted by Gasteiger charge is -2.16. The van der Waals surface area contributed by atoms with Gasteiger partial charge >= 0.3 is 0 Å². The maximum absolute atomic E-state index is 9.85. The van der Waals surface area contributed by atoms with Crippen molar-refractivity contribution in [3.8, 4) is 5.75 Å². The van der Waals surface area contributed by atoms with Crippen molar-refractivity contribution in [1.29, 1.82) is 0 Å². The summed E-state index contributed by atoms with van der Waals surface area (Å²) in [7, 11) is 0. The Hall–Kier alpha value is -1.76. The number of benzene rings is 2. The highest BCUT2D eigenvalue weighted by molar-refractivity contribution is 5.41. The molecule has 0 saturated heterocycles. The van der Waals surface area contributed by atoms with Gasteiger partial charge in [0.25, 0.3) is 0 Å². The molecule has 81 valence electrons. The first-order valence-electron chi connectivity index (χ1n) is 5.45. The van der Waals surface area contributed by atoms with Gasteiger partial charge in [0.2, 0.25) is 0 Å². The molecule has 0 aliphatic heterocycles. The van der Waals surface area contributed by atoms with E-state index in [9.17, 15) is 5.11 Å². The van der Waals surface area contributed by atoms with Crippen LogP contribution < -0.4 is 0 Å². The third kappa shape index (κ3) is 2.08. The lowest BCUT2D eigenvalue weighted by atomic mass is 9.89. The number of hydrogen-bond acceptors (Lipinski definition) is 1. The van der Waals surface area contributed by atoms with Crippen LogP contribution in [0.15, 0.2) is 54.6 Å². The fourth-order valence-corrected chi connectivity index (χ4v) is 1.97. The molecule has 2 aromatic carbocycles. The summed E-state index contributed by atoms with van der Waals surface area (Å²) in [5.74, 6) is 0.516. The summed E-state index contributed by atoms with van der Waals surface area (Å²) >= 11 is 0. The van der Waals surface area contributed by atoms with Crippen LogP contribution in [-0.4, -0.2) is 5.11 Å². The van der Waals surface area contributed by atoms with E-state index >= 15 is 0 Å². The molecule has 1 N–H and O–H groups in total. The Morgan fingerprint density at radius 1 is 0.938 bits per heavy atom. The van der Waals surface area contributed by atoms with Crippen LogP contribution in [0.25, 0.3) is 0 Å². The van der Waals surface area contributed by atoms with Gasteiger partial charge in [0.1, 0.15) is 5.75 Å². The van der Waals surface area contributed by atoms with Crippen LogP contribution in [0.3, 0.4) is 0 Å². The molecule has 0 aromatic heterocycles. The van der Waals surface area contributed by atoms with Crippen LogP contribution in [0.1, 0.15) is 23.5 Å². The Morgan fingerprint density at radius 3 is 2.19 bits per heavy atom. The van der Waals surface area contributed by atoms with E-state index in [1.165, 1.54) is 5.56 Å². The van der Waals surface area contributed by atoms with Crippen molar-refractivity contribution in [3.63, 3.8) is 0 Å². The maximum Gasteiger partial charge on any atom is 0.119 e. The second kappa shape index (κ2) is 4.84. The van der Waals surface area contributed by atoms with Gasteiger partial charge in [-0.15, -0.1) is 0 Å². The van der Waals surface area contributed by atoms with Crippen molar-refractivity contribution in [2.75, 3.05) is 0 Å². The van der Waals surface area contributed by atoms with Crippen LogP contribution in [0, 0.1) is 6.92 Å². The minimum atomic E-state index is 0.169. The van der Waals surface area contributed by atoms with E-state index in [0.717, 1.165) is 12.0 Å². The van der Waals surface area contributed by atoms with Crippen molar-refractivity contribution in [2.45, 2.75) is 12.3 Å². The van der Waals surface area contributed by atoms with Gasteiger partial charge in [0.15, 0.2) is 0 Å². The SMILES string of the molecule is [CH2]CC(c1ccccc1)c1ccccc1O. The largest absolute Gasteiger partial charge is 0.508 e. The quantitative estimate of drug-likeness (QED) is 0.819. The van der Waals surface area contributed by atoms with Crippen LogP contribution >= 0.6 is 0 Å². The topological polar surface area (TPSA) is 20.2 Å². The molecule has 0 amide bonds. The number of phenols is 1. The first-order valence-corrected chi connectivity index (χ1v) is 5.45. The number of para-hydroxylation sites is 1. The van der Waals surface area contributed by atoms with Crippen LogP contribution in [0.4, 0.5) is 0 Å². The van der Waals surface area contributed by atoms with Gasteiger partial charge in [-0.2, -0.15) is 0 Å². The fourth-order valence-electron chi connectivity index (χ4n) is 1.97. The summed E-state index contributed by atoms with van der Waals surface area (Å²) in [6.07, 6.45) is 0.738. The Kier molecular flexibility index (Phi) is 3.25. The lowest BCUT2D eigenvalue weighted by molar-refractivity contribution is 0.464. The summed E-state index contributed by atoms with van der Waals surface area (Å²) in [6.45, 7) is 3.97. The highest BCUT2D eigenvalue weighted by Crippen LogP contribution is 2.32. The van der Waals surface area contributed by atoms with Gasteiger partial charge < -0.3 is 5.11 Å². The smallest absolute Gasteiger partial charge is 0.119 e. The highest BCUT2D eigenvalue weighted by Gasteiger charge is 2.14. The predicted octanol–water partition coefficient (Wildman–Crippen LogP) is 3.75. The zero-order valence-electron chi connectivity index (χ0n) is 9.13. The molecule has 0 aliphatic carbocycles. The zero-order chi connectivity index (χ0) is 11.4. The van der Waals surface area contributed by atoms with Gasteiger partial charge in [-0.05, 0) is 18.1 Å². The minimum Gasteiger partial charge on any atom is -0.508 e. The maximum atomic E-state index is 9.85. The number of rotatable bonds is 3. The molecular weight excluding hydrogens is 196 g/mol. The summed E-state index contributed by atoms with van der Waals surface area (Å²) in [5.41, 5.74) is 2.14. The zero-order valence-corrected chi connectivity index (χ0v) is 9.13. The molecule has 2 aromatic rings. The van der Waals surface area contributed by atoms with Gasteiger partial charge in [-0.3, -0.25) is 0 Å². The van der Waals surface area contributed by atoms with Crippen molar-refractivity contribution in [1.82, 2.24) is 0 Å². The highest BCUT2D eigenvalue weighted by atomic mass is 16.3. The molecule has 16 heavy (non-hydrogen) atoms. The number of phenolic OH excluding ortho intramolecular Hbond substituents is 1. The third-order valence-electron chi connectivity index (χ3n) is 2.80. The van der Waals surface area contributed by atoms with Crippen molar-refractivity contribution in [2.24, 2.45) is 0 Å². The van der Waals surface area contributed by atoms with Crippen molar-refractivity contribution >= 4 is 0 Å². The molecule has 2 rings (SSSR count). The van der Waals surface area contributed by atoms with E-state index in [1.807, 2.05) is 36.4 Å². The van der Waals surface area contributed by atoms with Gasteiger partial charge in [-0.1, -0.05) is 55.5 Å². The number of aromatic hydroxyl groups is 1. The van der Waals surface area contributed by atoms with Crippen LogP contribution in [0.5, 0.6) is 5.75 Å². The summed E-state index contributed by atoms with van der Waals surface area (Å²) < 4.78 is 0. The van der Waals surface area contributed by atoms with E-state index in [-0.39, 0.29) is 5.92 Å². The Bertz CT molecular complexity index is 448. The first-order chi connectivity index (χ1) is 7.83. The van der Waals surface area contributed by atoms with Crippen molar-refractivity contribution in [3.05, 3.63) is 72.6 Å². The molecule has 0 bridgehead atoms. The standard InChI is InChI=1S/C15H15O/c1-2-13(12-8-4-3-5-9-12)14-10-6-7-11-15(14)16/h3-11,13,16H,1-2H2. The Morgan fingerprint density at radius 2 is 1.56 bits per heavy atom. The predicted molar refractivity (Wildman–Crippen MR) is 66.4 cm³/mol. The fraction of sp³-hybridized carbons (Fsp3) is 0.133. The molecular formula is C15H15O. The van der Waals surface area contributed by atoms with E-state index in [4.69, 9.17) is 0 Å². The Labute approximate surface area is 96.4 Å². The van der Waals surface area contributed by atoms with E-state index in [0.29, 0.717) is 5.75 Å². The monoisotopic (exact) mass is 211 g/mol. The Balaban J connectivity index is 2.41. The molecule has 1 unspecified atom stereocenters. The van der Waals surface area contributed by atoms with Gasteiger partial charge in [0.05, 0.1) is 0 Å². The first kappa shape index (κ1) is 10.7. The summed E-state index contributed by atoms with van der Waals surface area (Å²) in [6, 6.07) is 17.6. The van der Waals surface area contributed by atoms with Gasteiger partial charge in [-0.25, -0.2) is 0 Å². The molecule has 1 atom stereocenters. The minimum absolute atomic E-state index is 0.169.